The summed E-state index contributed by atoms with van der Waals surface area (Å²) in [7, 11) is 0. The van der Waals surface area contributed by atoms with Gasteiger partial charge in [-0.25, -0.2) is 0 Å². The molecule has 0 radical (unpaired) electrons. The van der Waals surface area contributed by atoms with E-state index in [9.17, 15) is 5.11 Å². The molecule has 0 heterocycles. The third kappa shape index (κ3) is 11.5. The molecule has 1 unspecified atom stereocenters. The first-order valence-electron chi connectivity index (χ1n) is 6.20. The Morgan fingerprint density at radius 3 is 2.53 bits per heavy atom. The summed E-state index contributed by atoms with van der Waals surface area (Å²) in [6.45, 7) is 7.83. The molecule has 0 saturated carbocycles. The van der Waals surface area contributed by atoms with Crippen molar-refractivity contribution < 1.29 is 10.3 Å². The van der Waals surface area contributed by atoms with Gasteiger partial charge >= 0.3 is 0 Å². The van der Waals surface area contributed by atoms with Crippen LogP contribution in [0.4, 0.5) is 0 Å². The highest BCUT2D eigenvalue weighted by Gasteiger charge is 2.15. The zero-order valence-corrected chi connectivity index (χ0v) is 11.2. The molecule has 0 amide bonds. The monoisotopic (exact) mass is 245 g/mol. The van der Waals surface area contributed by atoms with Crippen LogP contribution in [-0.4, -0.2) is 35.3 Å². The molecule has 5 N–H and O–H groups in total. The molecule has 0 spiro atoms. The summed E-state index contributed by atoms with van der Waals surface area (Å²) in [5, 5.41) is 24.2. The van der Waals surface area contributed by atoms with Crippen LogP contribution < -0.4 is 11.1 Å². The van der Waals surface area contributed by atoms with Gasteiger partial charge < -0.3 is 21.4 Å². The lowest BCUT2D eigenvalue weighted by Gasteiger charge is -2.22. The minimum absolute atomic E-state index is 0.160. The van der Waals surface area contributed by atoms with E-state index >= 15 is 0 Å². The van der Waals surface area contributed by atoms with Crippen LogP contribution in [0, 0.1) is 5.41 Å². The standard InChI is InChI=1S/C12H27N3O2/c1-12(2,3)8-10(16)9-14-7-5-4-6-11(13)15-17/h10,14,16-17H,4-9H2,1-3H3,(H2,13,15). The molecule has 1 atom stereocenters. The van der Waals surface area contributed by atoms with E-state index in [4.69, 9.17) is 10.9 Å². The first-order chi connectivity index (χ1) is 7.85. The minimum Gasteiger partial charge on any atom is -0.409 e. The molecule has 17 heavy (non-hydrogen) atoms. The smallest absolute Gasteiger partial charge is 0.139 e. The van der Waals surface area contributed by atoms with Gasteiger partial charge in [-0.05, 0) is 31.2 Å². The maximum absolute atomic E-state index is 9.73. The Labute approximate surface area is 104 Å². The number of nitrogens with one attached hydrogen (secondary N) is 1. The number of aliphatic hydroxyl groups excluding tert-OH is 1. The van der Waals surface area contributed by atoms with Gasteiger partial charge in [0.1, 0.15) is 5.84 Å². The van der Waals surface area contributed by atoms with Crippen LogP contribution in [-0.2, 0) is 0 Å². The van der Waals surface area contributed by atoms with E-state index in [0.717, 1.165) is 25.8 Å². The zero-order valence-electron chi connectivity index (χ0n) is 11.2. The second-order valence-electron chi connectivity index (χ2n) is 5.67. The Hall–Kier alpha value is -0.810. The van der Waals surface area contributed by atoms with Crippen molar-refractivity contribution >= 4 is 5.84 Å². The van der Waals surface area contributed by atoms with Crippen LogP contribution in [0.3, 0.4) is 0 Å². The van der Waals surface area contributed by atoms with Gasteiger partial charge in [-0.3, -0.25) is 0 Å². The number of rotatable bonds is 8. The lowest BCUT2D eigenvalue weighted by Crippen LogP contribution is -2.30. The number of hydrogen-bond acceptors (Lipinski definition) is 4. The summed E-state index contributed by atoms with van der Waals surface area (Å²) >= 11 is 0. The first kappa shape index (κ1) is 16.2. The van der Waals surface area contributed by atoms with Crippen molar-refractivity contribution in [2.75, 3.05) is 13.1 Å². The van der Waals surface area contributed by atoms with Crippen LogP contribution in [0.15, 0.2) is 5.16 Å². The van der Waals surface area contributed by atoms with E-state index in [1.165, 1.54) is 0 Å². The molecule has 5 nitrogen and oxygen atoms in total. The highest BCUT2D eigenvalue weighted by molar-refractivity contribution is 5.79. The van der Waals surface area contributed by atoms with Gasteiger partial charge in [0, 0.05) is 13.0 Å². The van der Waals surface area contributed by atoms with Crippen molar-refractivity contribution in [2.24, 2.45) is 16.3 Å². The number of nitrogens with zero attached hydrogens (tertiary/aromatic N) is 1. The van der Waals surface area contributed by atoms with Crippen molar-refractivity contribution in [1.29, 1.82) is 0 Å². The van der Waals surface area contributed by atoms with E-state index in [1.807, 2.05) is 0 Å². The van der Waals surface area contributed by atoms with Gasteiger partial charge in [0.05, 0.1) is 6.10 Å². The Morgan fingerprint density at radius 1 is 1.35 bits per heavy atom. The van der Waals surface area contributed by atoms with E-state index in [1.54, 1.807) is 0 Å². The maximum atomic E-state index is 9.73. The number of nitrogens with two attached hydrogens (primary N) is 1. The molecule has 0 aromatic carbocycles. The summed E-state index contributed by atoms with van der Waals surface area (Å²) in [4.78, 5) is 0. The van der Waals surface area contributed by atoms with Crippen molar-refractivity contribution in [1.82, 2.24) is 5.32 Å². The topological polar surface area (TPSA) is 90.9 Å². The SMILES string of the molecule is CC(C)(C)CC(O)CNCCCCC(N)=NO. The maximum Gasteiger partial charge on any atom is 0.139 e. The average molecular weight is 245 g/mol. The Bertz CT molecular complexity index is 224. The molecule has 0 saturated heterocycles. The summed E-state index contributed by atoms with van der Waals surface area (Å²) in [6, 6.07) is 0. The van der Waals surface area contributed by atoms with E-state index in [2.05, 4.69) is 31.2 Å². The van der Waals surface area contributed by atoms with Crippen molar-refractivity contribution in [2.45, 2.75) is 52.6 Å². The molecule has 0 aliphatic heterocycles. The Balaban J connectivity index is 3.40. The third-order valence-electron chi connectivity index (χ3n) is 2.39. The molecule has 102 valence electrons. The Kier molecular flexibility index (Phi) is 7.91. The summed E-state index contributed by atoms with van der Waals surface area (Å²) < 4.78 is 0. The van der Waals surface area contributed by atoms with Crippen LogP contribution in [0.5, 0.6) is 0 Å². The molecule has 0 aliphatic carbocycles. The van der Waals surface area contributed by atoms with Gasteiger partial charge in [0.15, 0.2) is 0 Å². The highest BCUT2D eigenvalue weighted by Crippen LogP contribution is 2.20. The lowest BCUT2D eigenvalue weighted by atomic mass is 9.89. The fraction of sp³-hybridized carbons (Fsp3) is 0.917. The summed E-state index contributed by atoms with van der Waals surface area (Å²) in [6.07, 6.45) is 2.96. The molecule has 0 fully saturated rings. The molecule has 0 rings (SSSR count). The average Bonchev–Trinajstić information content (AvgIpc) is 2.20. The largest absolute Gasteiger partial charge is 0.409 e. The number of hydrogen-bond donors (Lipinski definition) is 4. The van der Waals surface area contributed by atoms with Gasteiger partial charge in [-0.1, -0.05) is 25.9 Å². The van der Waals surface area contributed by atoms with Gasteiger partial charge in [-0.15, -0.1) is 0 Å². The predicted molar refractivity (Wildman–Crippen MR) is 70.2 cm³/mol. The van der Waals surface area contributed by atoms with E-state index in [-0.39, 0.29) is 17.4 Å². The van der Waals surface area contributed by atoms with Crippen LogP contribution in [0.25, 0.3) is 0 Å². The predicted octanol–water partition coefficient (Wildman–Crippen LogP) is 1.29. The number of oxime groups is 1. The van der Waals surface area contributed by atoms with Gasteiger partial charge in [-0.2, -0.15) is 0 Å². The normalized spacial score (nSPS) is 14.9. The molecule has 0 aliphatic rings. The zero-order chi connectivity index (χ0) is 13.3. The fourth-order valence-corrected chi connectivity index (χ4v) is 1.65. The lowest BCUT2D eigenvalue weighted by molar-refractivity contribution is 0.120. The van der Waals surface area contributed by atoms with Crippen LogP contribution in [0.2, 0.25) is 0 Å². The van der Waals surface area contributed by atoms with Crippen molar-refractivity contribution in [3.63, 3.8) is 0 Å². The number of aliphatic hydroxyl groups is 1. The molecule has 5 heteroatoms. The molecule has 0 aromatic heterocycles. The molecule has 0 bridgehead atoms. The number of amidine groups is 1. The molecule has 0 aromatic rings. The summed E-state index contributed by atoms with van der Waals surface area (Å²) in [5.41, 5.74) is 5.50. The van der Waals surface area contributed by atoms with Crippen molar-refractivity contribution in [3.05, 3.63) is 0 Å². The fourth-order valence-electron chi connectivity index (χ4n) is 1.65. The Morgan fingerprint density at radius 2 is 2.00 bits per heavy atom. The number of unbranched alkanes of at least 4 members (excludes halogenated alkanes) is 1. The van der Waals surface area contributed by atoms with Crippen molar-refractivity contribution in [3.8, 4) is 0 Å². The quantitative estimate of drug-likeness (QED) is 0.170. The second kappa shape index (κ2) is 8.31. The minimum atomic E-state index is -0.293. The van der Waals surface area contributed by atoms with Gasteiger partial charge in [0.25, 0.3) is 0 Å². The molecular formula is C12H27N3O2. The van der Waals surface area contributed by atoms with E-state index < -0.39 is 0 Å². The second-order valence-corrected chi connectivity index (χ2v) is 5.67. The van der Waals surface area contributed by atoms with Crippen LogP contribution >= 0.6 is 0 Å². The van der Waals surface area contributed by atoms with Crippen LogP contribution in [0.1, 0.15) is 46.5 Å². The summed E-state index contributed by atoms with van der Waals surface area (Å²) in [5.74, 6) is 0.276. The van der Waals surface area contributed by atoms with E-state index in [0.29, 0.717) is 13.0 Å². The third-order valence-corrected chi connectivity index (χ3v) is 2.39. The first-order valence-corrected chi connectivity index (χ1v) is 6.20. The molecular weight excluding hydrogens is 218 g/mol. The van der Waals surface area contributed by atoms with Gasteiger partial charge in [0.2, 0.25) is 0 Å². The highest BCUT2D eigenvalue weighted by atomic mass is 16.4.